The van der Waals surface area contributed by atoms with E-state index in [4.69, 9.17) is 11.6 Å². The van der Waals surface area contributed by atoms with Crippen molar-refractivity contribution in [3.63, 3.8) is 0 Å². The number of aromatic nitrogens is 2. The number of pyridine rings is 2. The molecule has 0 fully saturated rings. The van der Waals surface area contributed by atoms with Crippen LogP contribution in [-0.4, -0.2) is 49.8 Å². The minimum absolute atomic E-state index is 0.0154. The van der Waals surface area contributed by atoms with Crippen LogP contribution in [0.3, 0.4) is 0 Å². The summed E-state index contributed by atoms with van der Waals surface area (Å²) in [5.74, 6) is -0.176. The van der Waals surface area contributed by atoms with Crippen LogP contribution in [0.2, 0.25) is 5.15 Å². The maximum atomic E-state index is 12.6. The predicted octanol–water partition coefficient (Wildman–Crippen LogP) is 3.10. The fourth-order valence-electron chi connectivity index (χ4n) is 2.63. The molecular formula is C20H20ClN5O3S. The average molecular weight is 446 g/mol. The molecule has 0 saturated heterocycles. The fourth-order valence-corrected chi connectivity index (χ4v) is 3.92. The van der Waals surface area contributed by atoms with Gasteiger partial charge in [0.2, 0.25) is 5.91 Å². The third kappa shape index (κ3) is 5.53. The van der Waals surface area contributed by atoms with E-state index in [2.05, 4.69) is 20.0 Å². The summed E-state index contributed by atoms with van der Waals surface area (Å²) in [6.07, 6.45) is 4.62. The largest absolute Gasteiger partial charge is 0.324 e. The summed E-state index contributed by atoms with van der Waals surface area (Å²) in [6.45, 7) is 0.234. The van der Waals surface area contributed by atoms with E-state index in [9.17, 15) is 13.2 Å². The Hall–Kier alpha value is -3.01. The molecule has 0 aliphatic rings. The molecule has 8 nitrogen and oxygen atoms in total. The molecule has 0 bridgehead atoms. The second kappa shape index (κ2) is 9.21. The third-order valence-corrected chi connectivity index (χ3v) is 5.63. The number of sulfonamides is 1. The number of amides is 1. The molecule has 2 aromatic heterocycles. The minimum Gasteiger partial charge on any atom is -0.324 e. The quantitative estimate of drug-likeness (QED) is 0.541. The molecule has 0 radical (unpaired) electrons. The second-order valence-electron chi connectivity index (χ2n) is 6.73. The van der Waals surface area contributed by atoms with E-state index >= 15 is 0 Å². The third-order valence-electron chi connectivity index (χ3n) is 3.95. The number of nitrogens with one attached hydrogen (secondary N) is 2. The number of halogens is 1. The van der Waals surface area contributed by atoms with Crippen LogP contribution in [0.15, 0.2) is 66.0 Å². The van der Waals surface area contributed by atoms with E-state index in [1.54, 1.807) is 55.5 Å². The van der Waals surface area contributed by atoms with E-state index < -0.39 is 10.0 Å². The Morgan fingerprint density at radius 2 is 1.77 bits per heavy atom. The SMILES string of the molecule is CN(C)CC(=O)Nc1cncc(-c2cnc(Cl)c(NS(=O)(=O)c3ccccc3)c2)c1. The molecule has 1 aromatic carbocycles. The molecule has 3 rings (SSSR count). The van der Waals surface area contributed by atoms with E-state index in [0.717, 1.165) is 0 Å². The topological polar surface area (TPSA) is 104 Å². The van der Waals surface area contributed by atoms with Crippen LogP contribution in [0.4, 0.5) is 11.4 Å². The van der Waals surface area contributed by atoms with Gasteiger partial charge < -0.3 is 10.2 Å². The van der Waals surface area contributed by atoms with Crippen molar-refractivity contribution in [2.75, 3.05) is 30.7 Å². The molecule has 0 atom stereocenters. The summed E-state index contributed by atoms with van der Waals surface area (Å²) in [5, 5.41) is 2.78. The normalized spacial score (nSPS) is 11.3. The second-order valence-corrected chi connectivity index (χ2v) is 8.77. The summed E-state index contributed by atoms with van der Waals surface area (Å²) < 4.78 is 27.7. The maximum Gasteiger partial charge on any atom is 0.261 e. The lowest BCUT2D eigenvalue weighted by molar-refractivity contribution is -0.116. The summed E-state index contributed by atoms with van der Waals surface area (Å²) in [5.41, 5.74) is 1.88. The number of rotatable bonds is 7. The van der Waals surface area contributed by atoms with Crippen molar-refractivity contribution in [2.24, 2.45) is 0 Å². The molecule has 3 aromatic rings. The highest BCUT2D eigenvalue weighted by Gasteiger charge is 2.17. The Labute approximate surface area is 180 Å². The van der Waals surface area contributed by atoms with Crippen LogP contribution >= 0.6 is 11.6 Å². The smallest absolute Gasteiger partial charge is 0.261 e. The lowest BCUT2D eigenvalue weighted by Crippen LogP contribution is -2.27. The zero-order valence-electron chi connectivity index (χ0n) is 16.3. The number of benzene rings is 1. The lowest BCUT2D eigenvalue weighted by atomic mass is 10.1. The Bertz CT molecular complexity index is 1150. The molecule has 1 amide bonds. The summed E-state index contributed by atoms with van der Waals surface area (Å²) in [7, 11) is -0.228. The predicted molar refractivity (Wildman–Crippen MR) is 117 cm³/mol. The van der Waals surface area contributed by atoms with E-state index in [1.165, 1.54) is 24.5 Å². The van der Waals surface area contributed by atoms with E-state index in [0.29, 0.717) is 16.8 Å². The number of hydrogen-bond acceptors (Lipinski definition) is 6. The minimum atomic E-state index is -3.82. The van der Waals surface area contributed by atoms with Gasteiger partial charge in [-0.3, -0.25) is 14.5 Å². The molecule has 0 spiro atoms. The van der Waals surface area contributed by atoms with E-state index in [1.807, 2.05) is 0 Å². The van der Waals surface area contributed by atoms with Gasteiger partial charge in [-0.1, -0.05) is 29.8 Å². The monoisotopic (exact) mass is 445 g/mol. The van der Waals surface area contributed by atoms with Crippen molar-refractivity contribution in [3.8, 4) is 11.1 Å². The van der Waals surface area contributed by atoms with Gasteiger partial charge in [0, 0.05) is 23.5 Å². The Balaban J connectivity index is 1.87. The van der Waals surface area contributed by atoms with Crippen molar-refractivity contribution in [1.29, 1.82) is 0 Å². The molecule has 0 aliphatic carbocycles. The molecule has 10 heteroatoms. The van der Waals surface area contributed by atoms with Crippen molar-refractivity contribution in [3.05, 3.63) is 66.2 Å². The van der Waals surface area contributed by atoms with Gasteiger partial charge in [-0.2, -0.15) is 0 Å². The Morgan fingerprint density at radius 3 is 2.47 bits per heavy atom. The van der Waals surface area contributed by atoms with Crippen molar-refractivity contribution in [2.45, 2.75) is 4.90 Å². The average Bonchev–Trinajstić information content (AvgIpc) is 2.70. The van der Waals surface area contributed by atoms with Crippen molar-refractivity contribution < 1.29 is 13.2 Å². The Morgan fingerprint density at radius 1 is 1.07 bits per heavy atom. The van der Waals surface area contributed by atoms with Gasteiger partial charge in [0.05, 0.1) is 29.0 Å². The molecular weight excluding hydrogens is 426 g/mol. The summed E-state index contributed by atoms with van der Waals surface area (Å²) in [6, 6.07) is 11.2. The van der Waals surface area contributed by atoms with Crippen LogP contribution < -0.4 is 10.0 Å². The highest BCUT2D eigenvalue weighted by atomic mass is 35.5. The Kier molecular flexibility index (Phi) is 6.66. The number of hydrogen-bond donors (Lipinski definition) is 2. The van der Waals surface area contributed by atoms with E-state index in [-0.39, 0.29) is 28.2 Å². The van der Waals surface area contributed by atoms with Crippen LogP contribution in [0.25, 0.3) is 11.1 Å². The lowest BCUT2D eigenvalue weighted by Gasteiger charge is -2.12. The zero-order valence-corrected chi connectivity index (χ0v) is 17.9. The van der Waals surface area contributed by atoms with Crippen LogP contribution in [0, 0.1) is 0 Å². The summed E-state index contributed by atoms with van der Waals surface area (Å²) in [4.78, 5) is 22.1. The van der Waals surface area contributed by atoms with Gasteiger partial charge in [-0.25, -0.2) is 13.4 Å². The molecule has 0 aliphatic heterocycles. The first kappa shape index (κ1) is 21.7. The standard InChI is InChI=1S/C20H20ClN5O3S/c1-26(2)13-19(27)24-16-8-14(10-22-12-16)15-9-18(20(21)23-11-15)25-30(28,29)17-6-4-3-5-7-17/h3-12,25H,13H2,1-2H3,(H,24,27). The molecule has 0 unspecified atom stereocenters. The van der Waals surface area contributed by atoms with Crippen LogP contribution in [0.1, 0.15) is 0 Å². The number of likely N-dealkylation sites (N-methyl/N-ethyl adjacent to an activating group) is 1. The number of nitrogens with zero attached hydrogens (tertiary/aromatic N) is 3. The van der Waals surface area contributed by atoms with Gasteiger partial charge in [-0.15, -0.1) is 0 Å². The maximum absolute atomic E-state index is 12.6. The molecule has 2 heterocycles. The highest BCUT2D eigenvalue weighted by molar-refractivity contribution is 7.92. The highest BCUT2D eigenvalue weighted by Crippen LogP contribution is 2.29. The van der Waals surface area contributed by atoms with Gasteiger partial charge in [0.25, 0.3) is 10.0 Å². The van der Waals surface area contributed by atoms with Gasteiger partial charge in [0.1, 0.15) is 0 Å². The fraction of sp³-hybridized carbons (Fsp3) is 0.150. The van der Waals surface area contributed by atoms with Crippen LogP contribution in [-0.2, 0) is 14.8 Å². The molecule has 0 saturated carbocycles. The zero-order chi connectivity index (χ0) is 21.7. The van der Waals surface area contributed by atoms with Crippen LogP contribution in [0.5, 0.6) is 0 Å². The van der Waals surface area contributed by atoms with Crippen molar-refractivity contribution >= 4 is 38.9 Å². The molecule has 30 heavy (non-hydrogen) atoms. The first-order chi connectivity index (χ1) is 14.2. The van der Waals surface area contributed by atoms with Gasteiger partial charge in [0.15, 0.2) is 5.15 Å². The number of carbonyl (C=O) groups excluding carboxylic acids is 1. The summed E-state index contributed by atoms with van der Waals surface area (Å²) >= 11 is 6.11. The van der Waals surface area contributed by atoms with Gasteiger partial charge in [-0.05, 0) is 38.4 Å². The number of anilines is 2. The molecule has 2 N–H and O–H groups in total. The van der Waals surface area contributed by atoms with Crippen molar-refractivity contribution in [1.82, 2.24) is 14.9 Å². The van der Waals surface area contributed by atoms with Gasteiger partial charge >= 0.3 is 0 Å². The first-order valence-electron chi connectivity index (χ1n) is 8.88. The molecule has 156 valence electrons. The first-order valence-corrected chi connectivity index (χ1v) is 10.7. The number of carbonyl (C=O) groups is 1.